The van der Waals surface area contributed by atoms with E-state index in [0.29, 0.717) is 42.5 Å². The summed E-state index contributed by atoms with van der Waals surface area (Å²) in [5.41, 5.74) is 7.69. The molecule has 0 aliphatic carbocycles. The van der Waals surface area contributed by atoms with Gasteiger partial charge < -0.3 is 19.8 Å². The molecule has 0 radical (unpaired) electrons. The van der Waals surface area contributed by atoms with Gasteiger partial charge in [-0.2, -0.15) is 0 Å². The third kappa shape index (κ3) is 2.91. The van der Waals surface area contributed by atoms with Crippen LogP contribution in [0.25, 0.3) is 11.4 Å². The Morgan fingerprint density at radius 1 is 1.17 bits per heavy atom. The van der Waals surface area contributed by atoms with Gasteiger partial charge in [0, 0.05) is 50.7 Å². The lowest BCUT2D eigenvalue weighted by Crippen LogP contribution is -2.49. The lowest BCUT2D eigenvalue weighted by Gasteiger charge is -2.42. The van der Waals surface area contributed by atoms with Crippen molar-refractivity contribution in [1.29, 1.82) is 0 Å². The van der Waals surface area contributed by atoms with Crippen molar-refractivity contribution in [2.24, 2.45) is 13.0 Å². The average molecular weight is 390 g/mol. The number of amides is 1. The molecule has 1 amide bonds. The predicted octanol–water partition coefficient (Wildman–Crippen LogP) is 1.49. The number of hydrogen-bond acceptors (Lipinski definition) is 5. The fourth-order valence-corrected chi connectivity index (χ4v) is 4.64. The minimum Gasteiger partial charge on any atom is -0.384 e. The molecule has 2 aliphatic rings. The third-order valence-corrected chi connectivity index (χ3v) is 5.94. The SMILES string of the molecule is Cn1ccnc1-c1ccc2n(c1=O)C[C@H]1C[C@@H]2CN(C(=O)c2cccc(N)n2)C1. The number of rotatable bonds is 2. The molecule has 3 aromatic rings. The number of carbonyl (C=O) groups is 1. The van der Waals surface area contributed by atoms with E-state index in [1.54, 1.807) is 24.4 Å². The number of likely N-dealkylation sites (tertiary alicyclic amines) is 1. The molecule has 0 aromatic carbocycles. The van der Waals surface area contributed by atoms with Crippen molar-refractivity contribution < 1.29 is 4.79 Å². The number of anilines is 1. The maximum absolute atomic E-state index is 13.2. The monoisotopic (exact) mass is 390 g/mol. The zero-order valence-electron chi connectivity index (χ0n) is 16.2. The summed E-state index contributed by atoms with van der Waals surface area (Å²) >= 11 is 0. The summed E-state index contributed by atoms with van der Waals surface area (Å²) < 4.78 is 3.73. The maximum Gasteiger partial charge on any atom is 0.272 e. The molecule has 1 saturated heterocycles. The molecule has 0 saturated carbocycles. The molecule has 148 valence electrons. The summed E-state index contributed by atoms with van der Waals surface area (Å²) in [5.74, 6) is 1.28. The molecular formula is C21H22N6O2. The normalized spacial score (nSPS) is 20.4. The van der Waals surface area contributed by atoms with Gasteiger partial charge in [0.15, 0.2) is 0 Å². The number of aryl methyl sites for hydroxylation is 1. The number of imidazole rings is 1. The van der Waals surface area contributed by atoms with Gasteiger partial charge in [-0.1, -0.05) is 6.07 Å². The standard InChI is InChI=1S/C21H22N6O2/c1-25-8-7-23-19(25)15-5-6-17-14-9-13(11-27(17)20(15)28)10-26(12-14)21(29)16-3-2-4-18(22)24-16/h2-8,13-14H,9-12H2,1H3,(H2,22,24)/t13-,14+/m0/s1. The topological polar surface area (TPSA) is 99.0 Å². The fraction of sp³-hybridized carbons (Fsp3) is 0.333. The molecule has 0 spiro atoms. The Labute approximate surface area is 167 Å². The van der Waals surface area contributed by atoms with Crippen LogP contribution in [0.4, 0.5) is 5.82 Å². The highest BCUT2D eigenvalue weighted by molar-refractivity contribution is 5.92. The van der Waals surface area contributed by atoms with E-state index in [9.17, 15) is 9.59 Å². The summed E-state index contributed by atoms with van der Waals surface area (Å²) in [6, 6.07) is 8.98. The summed E-state index contributed by atoms with van der Waals surface area (Å²) in [7, 11) is 1.88. The molecule has 8 heteroatoms. The Kier molecular flexibility index (Phi) is 4.01. The molecule has 3 aromatic heterocycles. The highest BCUT2D eigenvalue weighted by Crippen LogP contribution is 2.36. The van der Waals surface area contributed by atoms with Gasteiger partial charge in [0.2, 0.25) is 0 Å². The molecule has 1 fully saturated rings. The van der Waals surface area contributed by atoms with Gasteiger partial charge in [0.25, 0.3) is 11.5 Å². The minimum atomic E-state index is -0.104. The largest absolute Gasteiger partial charge is 0.384 e. The van der Waals surface area contributed by atoms with Crippen LogP contribution >= 0.6 is 0 Å². The number of aromatic nitrogens is 4. The first-order valence-electron chi connectivity index (χ1n) is 9.74. The summed E-state index contributed by atoms with van der Waals surface area (Å²) in [4.78, 5) is 36.5. The first kappa shape index (κ1) is 17.7. The number of carbonyl (C=O) groups excluding carboxylic acids is 1. The van der Waals surface area contributed by atoms with E-state index in [4.69, 9.17) is 5.73 Å². The van der Waals surface area contributed by atoms with Crippen LogP contribution in [0.2, 0.25) is 0 Å². The molecule has 2 aliphatic heterocycles. The van der Waals surface area contributed by atoms with Gasteiger partial charge in [-0.05, 0) is 36.6 Å². The number of nitrogens with zero attached hydrogens (tertiary/aromatic N) is 5. The van der Waals surface area contributed by atoms with Crippen LogP contribution in [-0.4, -0.2) is 43.0 Å². The molecule has 2 atom stereocenters. The van der Waals surface area contributed by atoms with E-state index in [0.717, 1.165) is 12.1 Å². The zero-order valence-corrected chi connectivity index (χ0v) is 16.2. The van der Waals surface area contributed by atoms with Gasteiger partial charge in [0.05, 0.1) is 5.56 Å². The zero-order chi connectivity index (χ0) is 20.1. The van der Waals surface area contributed by atoms with E-state index >= 15 is 0 Å². The number of nitrogens with two attached hydrogens (primary N) is 1. The lowest BCUT2D eigenvalue weighted by atomic mass is 9.82. The molecular weight excluding hydrogens is 368 g/mol. The maximum atomic E-state index is 13.2. The molecule has 5 heterocycles. The van der Waals surface area contributed by atoms with Crippen molar-refractivity contribution in [2.45, 2.75) is 18.9 Å². The van der Waals surface area contributed by atoms with Crippen LogP contribution in [0.5, 0.6) is 0 Å². The van der Waals surface area contributed by atoms with E-state index in [1.807, 2.05) is 39.4 Å². The Morgan fingerprint density at radius 2 is 2.03 bits per heavy atom. The van der Waals surface area contributed by atoms with Crippen molar-refractivity contribution in [3.05, 3.63) is 64.5 Å². The lowest BCUT2D eigenvalue weighted by molar-refractivity contribution is 0.0589. The van der Waals surface area contributed by atoms with Crippen LogP contribution in [-0.2, 0) is 13.6 Å². The molecule has 5 rings (SSSR count). The van der Waals surface area contributed by atoms with E-state index in [1.165, 1.54) is 0 Å². The first-order chi connectivity index (χ1) is 14.0. The number of fused-ring (bicyclic) bond motifs is 4. The highest BCUT2D eigenvalue weighted by atomic mass is 16.2. The number of hydrogen-bond donors (Lipinski definition) is 1. The van der Waals surface area contributed by atoms with E-state index in [2.05, 4.69) is 9.97 Å². The van der Waals surface area contributed by atoms with Crippen LogP contribution in [0.15, 0.2) is 47.5 Å². The molecule has 29 heavy (non-hydrogen) atoms. The van der Waals surface area contributed by atoms with Crippen molar-refractivity contribution >= 4 is 11.7 Å². The van der Waals surface area contributed by atoms with Gasteiger partial charge in [0.1, 0.15) is 17.3 Å². The Hall–Kier alpha value is -3.42. The smallest absolute Gasteiger partial charge is 0.272 e. The first-order valence-corrected chi connectivity index (χ1v) is 9.74. The second-order valence-electron chi connectivity index (χ2n) is 7.91. The molecule has 2 bridgehead atoms. The van der Waals surface area contributed by atoms with E-state index in [-0.39, 0.29) is 23.3 Å². The van der Waals surface area contributed by atoms with Crippen molar-refractivity contribution in [1.82, 2.24) is 24.0 Å². The van der Waals surface area contributed by atoms with Crippen molar-refractivity contribution in [3.8, 4) is 11.4 Å². The van der Waals surface area contributed by atoms with Crippen LogP contribution in [0, 0.1) is 5.92 Å². The quantitative estimate of drug-likeness (QED) is 0.715. The van der Waals surface area contributed by atoms with Gasteiger partial charge in [-0.25, -0.2) is 9.97 Å². The van der Waals surface area contributed by atoms with E-state index < -0.39 is 0 Å². The minimum absolute atomic E-state index is 0.0104. The summed E-state index contributed by atoms with van der Waals surface area (Å²) in [6.07, 6.45) is 4.51. The number of piperidine rings is 1. The Bertz CT molecular complexity index is 1160. The summed E-state index contributed by atoms with van der Waals surface area (Å²) in [6.45, 7) is 1.80. The van der Waals surface area contributed by atoms with Gasteiger partial charge in [-0.15, -0.1) is 0 Å². The Balaban J connectivity index is 1.47. The fourth-order valence-electron chi connectivity index (χ4n) is 4.64. The second kappa shape index (κ2) is 6.58. The van der Waals surface area contributed by atoms with Gasteiger partial charge >= 0.3 is 0 Å². The third-order valence-electron chi connectivity index (χ3n) is 5.94. The van der Waals surface area contributed by atoms with Crippen LogP contribution in [0.3, 0.4) is 0 Å². The number of pyridine rings is 2. The van der Waals surface area contributed by atoms with Crippen LogP contribution < -0.4 is 11.3 Å². The molecule has 0 unspecified atom stereocenters. The highest BCUT2D eigenvalue weighted by Gasteiger charge is 2.37. The van der Waals surface area contributed by atoms with Crippen molar-refractivity contribution in [2.75, 3.05) is 18.8 Å². The second-order valence-corrected chi connectivity index (χ2v) is 7.91. The average Bonchev–Trinajstić information content (AvgIpc) is 3.14. The predicted molar refractivity (Wildman–Crippen MR) is 108 cm³/mol. The molecule has 8 nitrogen and oxygen atoms in total. The summed E-state index contributed by atoms with van der Waals surface area (Å²) in [5, 5.41) is 0. The van der Waals surface area contributed by atoms with Crippen molar-refractivity contribution in [3.63, 3.8) is 0 Å². The van der Waals surface area contributed by atoms with Gasteiger partial charge in [-0.3, -0.25) is 9.59 Å². The van der Waals surface area contributed by atoms with Crippen LogP contribution in [0.1, 0.15) is 28.5 Å². The number of nitrogen functional groups attached to an aromatic ring is 1. The Morgan fingerprint density at radius 3 is 2.79 bits per heavy atom. The molecule has 2 N–H and O–H groups in total.